The van der Waals surface area contributed by atoms with E-state index in [1.807, 2.05) is 0 Å². The summed E-state index contributed by atoms with van der Waals surface area (Å²) < 4.78 is 0. The lowest BCUT2D eigenvalue weighted by atomic mass is 9.96. The van der Waals surface area contributed by atoms with Crippen LogP contribution in [0.1, 0.15) is 25.3 Å². The minimum Gasteiger partial charge on any atom is -0.378 e. The maximum atomic E-state index is 3.26. The average Bonchev–Trinajstić information content (AvgIpc) is 3.04. The fourth-order valence-electron chi connectivity index (χ4n) is 2.83. The van der Waals surface area contributed by atoms with Gasteiger partial charge in [-0.1, -0.05) is 50.2 Å². The second-order valence-corrected chi connectivity index (χ2v) is 6.50. The van der Waals surface area contributed by atoms with E-state index in [9.17, 15) is 0 Å². The van der Waals surface area contributed by atoms with Crippen LogP contribution in [0.2, 0.25) is 0 Å². The molecule has 2 heteroatoms. The number of benzene rings is 2. The predicted molar refractivity (Wildman–Crippen MR) is 100 cm³/mol. The maximum Gasteiger partial charge on any atom is 0.0361 e. The van der Waals surface area contributed by atoms with Crippen molar-refractivity contribution in [3.05, 3.63) is 66.5 Å². The van der Waals surface area contributed by atoms with Crippen molar-refractivity contribution >= 4 is 5.69 Å². The summed E-state index contributed by atoms with van der Waals surface area (Å²) in [6, 6.07) is 17.6. The third kappa shape index (κ3) is 3.16. The van der Waals surface area contributed by atoms with Crippen molar-refractivity contribution in [2.24, 2.45) is 0 Å². The Balaban J connectivity index is 1.95. The van der Waals surface area contributed by atoms with Crippen LogP contribution >= 0.6 is 0 Å². The highest BCUT2D eigenvalue weighted by Crippen LogP contribution is 2.33. The molecule has 0 saturated heterocycles. The van der Waals surface area contributed by atoms with Crippen LogP contribution in [-0.4, -0.2) is 19.1 Å². The van der Waals surface area contributed by atoms with Crippen molar-refractivity contribution in [2.75, 3.05) is 19.0 Å². The van der Waals surface area contributed by atoms with E-state index in [1.165, 1.54) is 33.5 Å². The Morgan fingerprint density at radius 2 is 1.22 bits per heavy atom. The second kappa shape index (κ2) is 6.33. The lowest BCUT2D eigenvalue weighted by molar-refractivity contribution is 0.867. The first-order valence-electron chi connectivity index (χ1n) is 8.11. The zero-order chi connectivity index (χ0) is 16.4. The van der Waals surface area contributed by atoms with Crippen LogP contribution in [-0.2, 0) is 0 Å². The van der Waals surface area contributed by atoms with Gasteiger partial charge in [-0.05, 0) is 34.7 Å². The first-order valence-corrected chi connectivity index (χ1v) is 8.11. The fraction of sp³-hybridized carbons (Fsp3) is 0.238. The number of nitrogens with zero attached hydrogens (tertiary/aromatic N) is 1. The van der Waals surface area contributed by atoms with Crippen molar-refractivity contribution in [1.29, 1.82) is 0 Å². The summed E-state index contributed by atoms with van der Waals surface area (Å²) in [5, 5.41) is 0. The largest absolute Gasteiger partial charge is 0.378 e. The van der Waals surface area contributed by atoms with Crippen LogP contribution in [0.5, 0.6) is 0 Å². The Bertz CT molecular complexity index is 696. The van der Waals surface area contributed by atoms with Gasteiger partial charge in [-0.3, -0.25) is 0 Å². The van der Waals surface area contributed by atoms with E-state index in [0.29, 0.717) is 5.92 Å². The zero-order valence-corrected chi connectivity index (χ0v) is 14.3. The number of hydrogen-bond donors (Lipinski definition) is 1. The van der Waals surface area contributed by atoms with Crippen LogP contribution in [0.4, 0.5) is 5.69 Å². The zero-order valence-electron chi connectivity index (χ0n) is 14.3. The number of aromatic nitrogens is 1. The maximum absolute atomic E-state index is 3.26. The molecule has 0 spiro atoms. The summed E-state index contributed by atoms with van der Waals surface area (Å²) in [4.78, 5) is 5.38. The van der Waals surface area contributed by atoms with E-state index >= 15 is 0 Å². The summed E-state index contributed by atoms with van der Waals surface area (Å²) in [5.41, 5.74) is 7.57. The molecule has 2 nitrogen and oxygen atoms in total. The van der Waals surface area contributed by atoms with Crippen LogP contribution < -0.4 is 4.90 Å². The van der Waals surface area contributed by atoms with Crippen molar-refractivity contribution in [1.82, 2.24) is 4.98 Å². The first-order chi connectivity index (χ1) is 11.1. The van der Waals surface area contributed by atoms with Crippen molar-refractivity contribution < 1.29 is 0 Å². The molecule has 1 heterocycles. The molecule has 0 aliphatic carbocycles. The summed E-state index contributed by atoms with van der Waals surface area (Å²) in [5.74, 6) is 0.563. The molecular weight excluding hydrogens is 280 g/mol. The molecule has 0 aliphatic heterocycles. The molecule has 0 fully saturated rings. The molecule has 0 radical (unpaired) electrons. The third-order valence-corrected chi connectivity index (χ3v) is 4.33. The van der Waals surface area contributed by atoms with Gasteiger partial charge in [-0.25, -0.2) is 0 Å². The molecule has 1 aromatic heterocycles. The van der Waals surface area contributed by atoms with Crippen LogP contribution in [0.25, 0.3) is 22.3 Å². The van der Waals surface area contributed by atoms with Gasteiger partial charge in [-0.15, -0.1) is 0 Å². The summed E-state index contributed by atoms with van der Waals surface area (Å²) in [7, 11) is 4.13. The highest BCUT2D eigenvalue weighted by atomic mass is 15.1. The van der Waals surface area contributed by atoms with Gasteiger partial charge in [0.05, 0.1) is 0 Å². The van der Waals surface area contributed by atoms with Crippen LogP contribution in [0, 0.1) is 0 Å². The number of nitrogens with one attached hydrogen (secondary N) is 1. The fourth-order valence-corrected chi connectivity index (χ4v) is 2.83. The molecule has 3 aromatic rings. The lowest BCUT2D eigenvalue weighted by Gasteiger charge is -2.13. The van der Waals surface area contributed by atoms with E-state index < -0.39 is 0 Å². The summed E-state index contributed by atoms with van der Waals surface area (Å²) >= 11 is 0. The third-order valence-electron chi connectivity index (χ3n) is 4.33. The molecule has 0 unspecified atom stereocenters. The van der Waals surface area contributed by atoms with Gasteiger partial charge in [0, 0.05) is 43.3 Å². The molecule has 0 atom stereocenters. The Kier molecular flexibility index (Phi) is 4.24. The molecule has 0 aliphatic rings. The van der Waals surface area contributed by atoms with Crippen molar-refractivity contribution in [2.45, 2.75) is 19.8 Å². The quantitative estimate of drug-likeness (QED) is 0.670. The number of rotatable bonds is 4. The molecule has 2 aromatic carbocycles. The van der Waals surface area contributed by atoms with Crippen molar-refractivity contribution in [3.8, 4) is 22.3 Å². The van der Waals surface area contributed by atoms with Gasteiger partial charge < -0.3 is 9.88 Å². The van der Waals surface area contributed by atoms with E-state index in [-0.39, 0.29) is 0 Å². The molecule has 0 bridgehead atoms. The van der Waals surface area contributed by atoms with Crippen molar-refractivity contribution in [3.63, 3.8) is 0 Å². The number of H-pyrrole nitrogens is 1. The molecule has 0 amide bonds. The topological polar surface area (TPSA) is 19.0 Å². The highest BCUT2D eigenvalue weighted by Gasteiger charge is 2.09. The SMILES string of the molecule is CC(C)c1ccc(-c2c[nH]cc2-c2ccc(N(C)C)cc2)cc1. The normalized spacial score (nSPS) is 11.0. The molecular formula is C21H24N2. The molecule has 3 rings (SSSR count). The Hall–Kier alpha value is -2.48. The average molecular weight is 304 g/mol. The smallest absolute Gasteiger partial charge is 0.0361 e. The molecule has 0 saturated carbocycles. The Labute approximate surface area is 138 Å². The second-order valence-electron chi connectivity index (χ2n) is 6.50. The molecule has 1 N–H and O–H groups in total. The summed E-state index contributed by atoms with van der Waals surface area (Å²) in [6.45, 7) is 4.45. The van der Waals surface area contributed by atoms with Gasteiger partial charge >= 0.3 is 0 Å². The van der Waals surface area contributed by atoms with Gasteiger partial charge in [0.15, 0.2) is 0 Å². The van der Waals surface area contributed by atoms with E-state index in [0.717, 1.165) is 0 Å². The monoisotopic (exact) mass is 304 g/mol. The number of hydrogen-bond acceptors (Lipinski definition) is 1. The van der Waals surface area contributed by atoms with Gasteiger partial charge in [0.25, 0.3) is 0 Å². The predicted octanol–water partition coefficient (Wildman–Crippen LogP) is 5.54. The van der Waals surface area contributed by atoms with E-state index in [4.69, 9.17) is 0 Å². The van der Waals surface area contributed by atoms with Gasteiger partial charge in [-0.2, -0.15) is 0 Å². The minimum absolute atomic E-state index is 0.563. The highest BCUT2D eigenvalue weighted by molar-refractivity contribution is 5.83. The number of anilines is 1. The van der Waals surface area contributed by atoms with Crippen LogP contribution in [0.15, 0.2) is 60.9 Å². The Morgan fingerprint density at radius 3 is 1.65 bits per heavy atom. The molecule has 118 valence electrons. The van der Waals surface area contributed by atoms with Gasteiger partial charge in [0.2, 0.25) is 0 Å². The molecule has 23 heavy (non-hydrogen) atoms. The van der Waals surface area contributed by atoms with Crippen LogP contribution in [0.3, 0.4) is 0 Å². The standard InChI is InChI=1S/C21H24N2/c1-15(2)16-5-7-17(8-6-16)20-13-22-14-21(20)18-9-11-19(12-10-18)23(3)4/h5-15,22H,1-4H3. The summed E-state index contributed by atoms with van der Waals surface area (Å²) in [6.07, 6.45) is 4.16. The van der Waals surface area contributed by atoms with Gasteiger partial charge in [0.1, 0.15) is 0 Å². The number of aromatic amines is 1. The van der Waals surface area contributed by atoms with E-state index in [2.05, 4.69) is 98.8 Å². The Morgan fingerprint density at radius 1 is 0.739 bits per heavy atom. The van der Waals surface area contributed by atoms with E-state index in [1.54, 1.807) is 0 Å². The lowest BCUT2D eigenvalue weighted by Crippen LogP contribution is -2.07. The minimum atomic E-state index is 0.563. The first kappa shape index (κ1) is 15.4.